The van der Waals surface area contributed by atoms with Gasteiger partial charge in [0.1, 0.15) is 5.70 Å². The van der Waals surface area contributed by atoms with E-state index in [9.17, 15) is 4.79 Å². The summed E-state index contributed by atoms with van der Waals surface area (Å²) < 4.78 is 10.3. The van der Waals surface area contributed by atoms with Crippen molar-refractivity contribution in [3.63, 3.8) is 0 Å². The van der Waals surface area contributed by atoms with E-state index < -0.39 is 5.91 Å². The highest BCUT2D eigenvalue weighted by Crippen LogP contribution is 2.26. The van der Waals surface area contributed by atoms with E-state index in [0.717, 1.165) is 5.56 Å². The van der Waals surface area contributed by atoms with E-state index in [1.165, 1.54) is 6.21 Å². The topological polar surface area (TPSA) is 97.0 Å². The predicted molar refractivity (Wildman–Crippen MR) is 76.7 cm³/mol. The van der Waals surface area contributed by atoms with Crippen LogP contribution in [0.25, 0.3) is 0 Å². The second kappa shape index (κ2) is 6.42. The average Bonchev–Trinajstić information content (AvgIpc) is 2.50. The Kier molecular flexibility index (Phi) is 4.39. The number of hydrogen-bond donors (Lipinski definition) is 1. The Bertz CT molecular complexity index is 664. The molecule has 1 N–H and O–H groups in total. The Morgan fingerprint density at radius 1 is 1.24 bits per heavy atom. The highest BCUT2D eigenvalue weighted by atomic mass is 16.5. The summed E-state index contributed by atoms with van der Waals surface area (Å²) in [4.78, 5) is 11.3. The van der Waals surface area contributed by atoms with Gasteiger partial charge in [-0.3, -0.25) is 10.1 Å². The summed E-state index contributed by atoms with van der Waals surface area (Å²) >= 11 is 0. The molecule has 0 radical (unpaired) electrons. The molecule has 2 rings (SSSR count). The third kappa shape index (κ3) is 3.50. The summed E-state index contributed by atoms with van der Waals surface area (Å²) in [7, 11) is 3.10. The fourth-order valence-corrected chi connectivity index (χ4v) is 1.48. The van der Waals surface area contributed by atoms with Crippen LogP contribution in [0.15, 0.2) is 50.9 Å². The van der Waals surface area contributed by atoms with E-state index in [0.29, 0.717) is 11.5 Å². The van der Waals surface area contributed by atoms with Gasteiger partial charge in [0.25, 0.3) is 11.9 Å². The zero-order chi connectivity index (χ0) is 15.2. The fraction of sp³-hybridized carbons (Fsp3) is 0.154. The van der Waals surface area contributed by atoms with Gasteiger partial charge in [0.2, 0.25) is 0 Å². The molecule has 0 atom stereocenters. The molecule has 0 fully saturated rings. The molecule has 1 aromatic rings. The van der Waals surface area contributed by atoms with E-state index in [-0.39, 0.29) is 11.7 Å². The monoisotopic (exact) mass is 287 g/mol. The number of ether oxygens (including phenoxy) is 2. The number of carbonyl (C=O) groups excluding carboxylic acids is 1. The summed E-state index contributed by atoms with van der Waals surface area (Å²) in [6.45, 7) is 3.40. The van der Waals surface area contributed by atoms with Crippen LogP contribution in [-0.2, 0) is 4.79 Å². The van der Waals surface area contributed by atoms with Crippen molar-refractivity contribution in [3.8, 4) is 11.5 Å². The Morgan fingerprint density at radius 2 is 2.00 bits per heavy atom. The molecule has 8 heteroatoms. The van der Waals surface area contributed by atoms with Crippen LogP contribution in [-0.4, -0.2) is 32.3 Å². The number of nitrogens with zero attached hydrogens (tertiary/aromatic N) is 4. The number of methoxy groups -OCH3 is 2. The molecule has 0 aromatic heterocycles. The van der Waals surface area contributed by atoms with Gasteiger partial charge in [-0.25, -0.2) is 0 Å². The summed E-state index contributed by atoms with van der Waals surface area (Å²) in [5.41, 5.74) is 0.776. The van der Waals surface area contributed by atoms with Crippen LogP contribution in [0.4, 0.5) is 0 Å². The number of nitrogens with one attached hydrogen (secondary N) is 1. The number of guanidine groups is 1. The van der Waals surface area contributed by atoms with E-state index in [1.54, 1.807) is 32.4 Å². The molecule has 1 amide bonds. The second-order valence-electron chi connectivity index (χ2n) is 3.88. The van der Waals surface area contributed by atoms with Gasteiger partial charge in [0.05, 0.1) is 20.4 Å². The molecule has 0 unspecified atom stereocenters. The second-order valence-corrected chi connectivity index (χ2v) is 3.88. The first-order valence-electron chi connectivity index (χ1n) is 5.89. The molecule has 0 saturated heterocycles. The summed E-state index contributed by atoms with van der Waals surface area (Å²) in [5, 5.41) is 17.1. The maximum absolute atomic E-state index is 11.3. The van der Waals surface area contributed by atoms with Crippen molar-refractivity contribution in [1.82, 2.24) is 5.32 Å². The van der Waals surface area contributed by atoms with Gasteiger partial charge in [0, 0.05) is 0 Å². The van der Waals surface area contributed by atoms with Crippen LogP contribution < -0.4 is 14.8 Å². The molecular weight excluding hydrogens is 274 g/mol. The SMILES string of the molecule is C=C1N=N/C(=N/N=C/c2ccc(OC)c(OC)c2)NC1=O. The molecule has 1 aromatic carbocycles. The van der Waals surface area contributed by atoms with Gasteiger partial charge >= 0.3 is 0 Å². The van der Waals surface area contributed by atoms with Crippen LogP contribution in [0.1, 0.15) is 5.56 Å². The third-order valence-electron chi connectivity index (χ3n) is 2.52. The number of rotatable bonds is 4. The summed E-state index contributed by atoms with van der Waals surface area (Å²) in [5.74, 6) is 0.748. The molecule has 8 nitrogen and oxygen atoms in total. The molecular formula is C13H13N5O3. The maximum atomic E-state index is 11.3. The number of carbonyl (C=O) groups is 1. The lowest BCUT2D eigenvalue weighted by Crippen LogP contribution is -2.32. The van der Waals surface area contributed by atoms with Gasteiger partial charge in [-0.15, -0.1) is 15.3 Å². The summed E-state index contributed by atoms with van der Waals surface area (Å²) in [6, 6.07) is 5.28. The molecule has 1 aliphatic heterocycles. The van der Waals surface area contributed by atoms with Crippen molar-refractivity contribution in [3.05, 3.63) is 36.0 Å². The quantitative estimate of drug-likeness (QED) is 0.516. The first kappa shape index (κ1) is 14.4. The van der Waals surface area contributed by atoms with Crippen LogP contribution >= 0.6 is 0 Å². The summed E-state index contributed by atoms with van der Waals surface area (Å²) in [6.07, 6.45) is 1.49. The Balaban J connectivity index is 2.13. The van der Waals surface area contributed by atoms with Gasteiger partial charge in [-0.05, 0) is 23.8 Å². The lowest BCUT2D eigenvalue weighted by Gasteiger charge is -2.07. The van der Waals surface area contributed by atoms with Crippen LogP contribution in [0.2, 0.25) is 0 Å². The van der Waals surface area contributed by atoms with Gasteiger partial charge in [-0.2, -0.15) is 5.10 Å². The van der Waals surface area contributed by atoms with Crippen molar-refractivity contribution >= 4 is 18.1 Å². The first-order chi connectivity index (χ1) is 10.1. The highest BCUT2D eigenvalue weighted by Gasteiger charge is 2.14. The minimum absolute atomic E-state index is 0.00382. The largest absolute Gasteiger partial charge is 0.493 e. The Hall–Kier alpha value is -3.03. The number of azo groups is 1. The lowest BCUT2D eigenvalue weighted by atomic mass is 10.2. The third-order valence-corrected chi connectivity index (χ3v) is 2.52. The molecule has 21 heavy (non-hydrogen) atoms. The van der Waals surface area contributed by atoms with Crippen molar-refractivity contribution in [1.29, 1.82) is 0 Å². The van der Waals surface area contributed by atoms with Crippen LogP contribution in [0.5, 0.6) is 11.5 Å². The van der Waals surface area contributed by atoms with E-state index in [4.69, 9.17) is 9.47 Å². The predicted octanol–water partition coefficient (Wildman–Crippen LogP) is 1.49. The average molecular weight is 287 g/mol. The fourth-order valence-electron chi connectivity index (χ4n) is 1.48. The Labute approximate surface area is 120 Å². The smallest absolute Gasteiger partial charge is 0.277 e. The minimum atomic E-state index is -0.454. The lowest BCUT2D eigenvalue weighted by molar-refractivity contribution is -0.116. The molecule has 1 heterocycles. The molecule has 0 spiro atoms. The van der Waals surface area contributed by atoms with Crippen LogP contribution in [0, 0.1) is 0 Å². The zero-order valence-electron chi connectivity index (χ0n) is 11.5. The standard InChI is InChI=1S/C13H13N5O3/c1-8-12(19)15-13(18-16-8)17-14-7-9-4-5-10(20-2)11(6-9)21-3/h4-7H,1H2,2-3H3,(H,15,17,19)/b14-7+. The Morgan fingerprint density at radius 3 is 2.67 bits per heavy atom. The van der Waals surface area contributed by atoms with Crippen LogP contribution in [0.3, 0.4) is 0 Å². The van der Waals surface area contributed by atoms with Gasteiger partial charge in [-0.1, -0.05) is 6.58 Å². The highest BCUT2D eigenvalue weighted by molar-refractivity contribution is 6.06. The molecule has 0 saturated carbocycles. The van der Waals surface area contributed by atoms with Crippen molar-refractivity contribution in [2.45, 2.75) is 0 Å². The number of benzene rings is 1. The van der Waals surface area contributed by atoms with E-state index in [2.05, 4.69) is 32.3 Å². The first-order valence-corrected chi connectivity index (χ1v) is 5.89. The van der Waals surface area contributed by atoms with Gasteiger partial charge in [0.15, 0.2) is 11.5 Å². The molecule has 108 valence electrons. The number of hydrogen-bond acceptors (Lipinski definition) is 6. The number of amides is 1. The zero-order valence-corrected chi connectivity index (χ0v) is 11.5. The maximum Gasteiger partial charge on any atom is 0.277 e. The molecule has 0 aliphatic carbocycles. The van der Waals surface area contributed by atoms with E-state index in [1.807, 2.05) is 0 Å². The molecule has 1 aliphatic rings. The van der Waals surface area contributed by atoms with Crippen molar-refractivity contribution in [2.24, 2.45) is 20.4 Å². The minimum Gasteiger partial charge on any atom is -0.493 e. The van der Waals surface area contributed by atoms with Gasteiger partial charge < -0.3 is 9.47 Å². The molecule has 0 bridgehead atoms. The van der Waals surface area contributed by atoms with E-state index >= 15 is 0 Å². The van der Waals surface area contributed by atoms with Crippen molar-refractivity contribution < 1.29 is 14.3 Å². The van der Waals surface area contributed by atoms with Crippen molar-refractivity contribution in [2.75, 3.05) is 14.2 Å². The normalized spacial score (nSPS) is 16.4.